The molecule has 3 rings (SSSR count). The number of alkyl halides is 3. The Balaban J connectivity index is 0.000000396. The predicted octanol–water partition coefficient (Wildman–Crippen LogP) is 1.06. The first-order chi connectivity index (χ1) is 14.1. The van der Waals surface area contributed by atoms with Gasteiger partial charge in [0, 0.05) is 13.1 Å². The van der Waals surface area contributed by atoms with Gasteiger partial charge in [-0.3, -0.25) is 4.79 Å². The van der Waals surface area contributed by atoms with Gasteiger partial charge in [-0.05, 0) is 33.0 Å². The van der Waals surface area contributed by atoms with Crippen molar-refractivity contribution in [1.82, 2.24) is 20.0 Å². The highest BCUT2D eigenvalue weighted by molar-refractivity contribution is 5.94. The van der Waals surface area contributed by atoms with Crippen molar-refractivity contribution in [2.75, 3.05) is 40.4 Å². The average Bonchev–Trinajstić information content (AvgIpc) is 3.11. The summed E-state index contributed by atoms with van der Waals surface area (Å²) >= 11 is 0. The maximum absolute atomic E-state index is 12.7. The summed E-state index contributed by atoms with van der Waals surface area (Å²) in [5.41, 5.74) is 0.581. The summed E-state index contributed by atoms with van der Waals surface area (Å²) in [4.78, 5) is 25.6. The van der Waals surface area contributed by atoms with E-state index in [0.29, 0.717) is 25.3 Å². The largest absolute Gasteiger partial charge is 0.490 e. The van der Waals surface area contributed by atoms with Gasteiger partial charge in [0.2, 0.25) is 0 Å². The van der Waals surface area contributed by atoms with E-state index in [9.17, 15) is 18.0 Å². The van der Waals surface area contributed by atoms with Crippen molar-refractivity contribution in [2.45, 2.75) is 37.3 Å². The van der Waals surface area contributed by atoms with Crippen LogP contribution in [0.4, 0.5) is 13.2 Å². The fraction of sp³-hybridized carbons (Fsp3) is 0.667. The normalized spacial score (nSPS) is 23.5. The van der Waals surface area contributed by atoms with E-state index < -0.39 is 12.1 Å². The molecule has 9 nitrogen and oxygen atoms in total. The number of carboxylic acid groups (broad SMARTS) is 1. The molecule has 2 aliphatic rings. The topological polar surface area (TPSA) is 105 Å². The second-order valence-electron chi connectivity index (χ2n) is 7.13. The van der Waals surface area contributed by atoms with Crippen molar-refractivity contribution in [3.63, 3.8) is 0 Å². The van der Waals surface area contributed by atoms with Crippen molar-refractivity contribution >= 4 is 11.9 Å². The Morgan fingerprint density at radius 3 is 2.60 bits per heavy atom. The van der Waals surface area contributed by atoms with Gasteiger partial charge in [-0.1, -0.05) is 0 Å². The van der Waals surface area contributed by atoms with Crippen LogP contribution in [-0.4, -0.2) is 102 Å². The van der Waals surface area contributed by atoms with Crippen LogP contribution in [0.2, 0.25) is 0 Å². The Kier molecular flexibility index (Phi) is 8.50. The minimum Gasteiger partial charge on any atom is -0.475 e. The van der Waals surface area contributed by atoms with Crippen LogP contribution in [-0.2, 0) is 14.3 Å². The van der Waals surface area contributed by atoms with Crippen LogP contribution in [0, 0.1) is 0 Å². The number of carbonyl (C=O) groups excluding carboxylic acids is 1. The molecule has 1 amide bonds. The van der Waals surface area contributed by atoms with Gasteiger partial charge >= 0.3 is 12.1 Å². The molecule has 1 saturated heterocycles. The lowest BCUT2D eigenvalue weighted by molar-refractivity contribution is -0.192. The van der Waals surface area contributed by atoms with Gasteiger partial charge in [0.1, 0.15) is 6.10 Å². The third-order valence-corrected chi connectivity index (χ3v) is 4.74. The SMILES string of the molecule is CN(C)CCO[C@@H]1CC[C@H]2[C@H]1OCCN2C(=O)c1ccnnc1.O=C(O)C(F)(F)F. The average molecular weight is 434 g/mol. The van der Waals surface area contributed by atoms with Crippen molar-refractivity contribution in [2.24, 2.45) is 0 Å². The smallest absolute Gasteiger partial charge is 0.475 e. The summed E-state index contributed by atoms with van der Waals surface area (Å²) in [5, 5.41) is 14.7. The van der Waals surface area contributed by atoms with Crippen molar-refractivity contribution < 1.29 is 37.3 Å². The molecule has 1 saturated carbocycles. The Morgan fingerprint density at radius 1 is 1.33 bits per heavy atom. The molecule has 1 aliphatic heterocycles. The zero-order chi connectivity index (χ0) is 22.3. The van der Waals surface area contributed by atoms with Gasteiger partial charge in [-0.15, -0.1) is 0 Å². The quantitative estimate of drug-likeness (QED) is 0.734. The number of morpholine rings is 1. The number of ether oxygens (including phenoxy) is 2. The summed E-state index contributed by atoms with van der Waals surface area (Å²) in [6.07, 6.45) is -0.113. The number of aliphatic carboxylic acids is 1. The van der Waals surface area contributed by atoms with Gasteiger partial charge in [0.05, 0.1) is 43.3 Å². The lowest BCUT2D eigenvalue weighted by atomic mass is 10.1. The lowest BCUT2D eigenvalue weighted by Gasteiger charge is -2.39. The number of carboxylic acids is 1. The molecule has 1 N–H and O–H groups in total. The number of nitrogens with zero attached hydrogens (tertiary/aromatic N) is 4. The summed E-state index contributed by atoms with van der Waals surface area (Å²) in [5.74, 6) is -2.75. The van der Waals surface area contributed by atoms with Crippen LogP contribution in [0.5, 0.6) is 0 Å². The number of rotatable bonds is 5. The van der Waals surface area contributed by atoms with Gasteiger partial charge in [-0.2, -0.15) is 23.4 Å². The summed E-state index contributed by atoms with van der Waals surface area (Å²) < 4.78 is 43.7. The first-order valence-electron chi connectivity index (χ1n) is 9.37. The summed E-state index contributed by atoms with van der Waals surface area (Å²) in [6, 6.07) is 1.80. The molecule has 1 aromatic rings. The number of fused-ring (bicyclic) bond motifs is 1. The van der Waals surface area contributed by atoms with E-state index >= 15 is 0 Å². The van der Waals surface area contributed by atoms with Gasteiger partial charge < -0.3 is 24.4 Å². The molecule has 1 aromatic heterocycles. The number of halogens is 3. The fourth-order valence-corrected chi connectivity index (χ4v) is 3.32. The molecule has 3 atom stereocenters. The highest BCUT2D eigenvalue weighted by Gasteiger charge is 2.45. The number of likely N-dealkylation sites (N-methyl/N-ethyl adjacent to an activating group) is 1. The Hall–Kier alpha value is -2.31. The first-order valence-corrected chi connectivity index (χ1v) is 9.37. The minimum absolute atomic E-state index is 0.00661. The zero-order valence-corrected chi connectivity index (χ0v) is 16.7. The number of carbonyl (C=O) groups is 2. The molecular weight excluding hydrogens is 409 g/mol. The van der Waals surface area contributed by atoms with Crippen LogP contribution in [0.15, 0.2) is 18.5 Å². The first kappa shape index (κ1) is 24.0. The van der Waals surface area contributed by atoms with E-state index in [-0.39, 0.29) is 24.2 Å². The molecule has 0 unspecified atom stereocenters. The standard InChI is InChI=1S/C16H24N4O3.C2HF3O2/c1-19(2)7-9-22-14-4-3-13-15(14)23-10-8-20(13)16(21)12-5-6-17-18-11-12;3-2(4,5)1(6)7/h5-6,11,13-15H,3-4,7-10H2,1-2H3;(H,6,7)/t13-,14+,15+;/m0./s1. The second-order valence-corrected chi connectivity index (χ2v) is 7.13. The number of hydrogen-bond donors (Lipinski definition) is 1. The maximum Gasteiger partial charge on any atom is 0.490 e. The maximum atomic E-state index is 12.7. The molecule has 0 aromatic carbocycles. The highest BCUT2D eigenvalue weighted by atomic mass is 19.4. The van der Waals surface area contributed by atoms with Gasteiger partial charge in [0.15, 0.2) is 0 Å². The van der Waals surface area contributed by atoms with E-state index in [1.165, 1.54) is 6.20 Å². The zero-order valence-electron chi connectivity index (χ0n) is 16.7. The van der Waals surface area contributed by atoms with Crippen LogP contribution in [0.25, 0.3) is 0 Å². The van der Waals surface area contributed by atoms with Gasteiger partial charge in [-0.25, -0.2) is 4.79 Å². The lowest BCUT2D eigenvalue weighted by Crippen LogP contribution is -2.54. The van der Waals surface area contributed by atoms with Crippen molar-refractivity contribution in [3.8, 4) is 0 Å². The number of amides is 1. The minimum atomic E-state index is -5.08. The molecular formula is C18H25F3N4O5. The Bertz CT molecular complexity index is 705. The molecule has 0 spiro atoms. The molecule has 2 heterocycles. The number of aromatic nitrogens is 2. The van der Waals surface area contributed by atoms with E-state index in [2.05, 4.69) is 15.1 Å². The van der Waals surface area contributed by atoms with Crippen LogP contribution in [0.1, 0.15) is 23.2 Å². The molecule has 1 aliphatic carbocycles. The van der Waals surface area contributed by atoms with Crippen molar-refractivity contribution in [1.29, 1.82) is 0 Å². The van der Waals surface area contributed by atoms with E-state index in [4.69, 9.17) is 19.4 Å². The molecule has 0 radical (unpaired) electrons. The highest BCUT2D eigenvalue weighted by Crippen LogP contribution is 2.32. The second kappa shape index (κ2) is 10.6. The van der Waals surface area contributed by atoms with E-state index in [0.717, 1.165) is 19.4 Å². The number of hydrogen-bond acceptors (Lipinski definition) is 7. The van der Waals surface area contributed by atoms with E-state index in [1.54, 1.807) is 12.3 Å². The molecule has 168 valence electrons. The fourth-order valence-electron chi connectivity index (χ4n) is 3.32. The summed E-state index contributed by atoms with van der Waals surface area (Å²) in [7, 11) is 4.06. The molecule has 12 heteroatoms. The third kappa shape index (κ3) is 6.61. The monoisotopic (exact) mass is 434 g/mol. The Morgan fingerprint density at radius 2 is 2.03 bits per heavy atom. The van der Waals surface area contributed by atoms with Crippen molar-refractivity contribution in [3.05, 3.63) is 24.0 Å². The third-order valence-electron chi connectivity index (χ3n) is 4.74. The van der Waals surface area contributed by atoms with E-state index in [1.807, 2.05) is 19.0 Å². The van der Waals surface area contributed by atoms with Crippen LogP contribution >= 0.6 is 0 Å². The van der Waals surface area contributed by atoms with Crippen LogP contribution in [0.3, 0.4) is 0 Å². The molecule has 0 bridgehead atoms. The Labute approximate surface area is 171 Å². The van der Waals surface area contributed by atoms with Gasteiger partial charge in [0.25, 0.3) is 5.91 Å². The molecule has 30 heavy (non-hydrogen) atoms. The summed E-state index contributed by atoms with van der Waals surface area (Å²) in [6.45, 7) is 2.75. The predicted molar refractivity (Wildman–Crippen MR) is 97.8 cm³/mol. The van der Waals surface area contributed by atoms with Crippen LogP contribution < -0.4 is 0 Å². The molecule has 2 fully saturated rings.